The van der Waals surface area contributed by atoms with E-state index in [0.29, 0.717) is 12.8 Å². The van der Waals surface area contributed by atoms with Crippen molar-refractivity contribution in [3.05, 3.63) is 97.2 Å². The first-order valence-electron chi connectivity index (χ1n) is 25.7. The maximum Gasteiger partial charge on any atom is 0.306 e. The van der Waals surface area contributed by atoms with Crippen molar-refractivity contribution < 1.29 is 28.6 Å². The zero-order valence-electron chi connectivity index (χ0n) is 40.8. The number of allylic oxidation sites excluding steroid dienone is 16. The Morgan fingerprint density at radius 1 is 0.333 bits per heavy atom. The SMILES string of the molecule is CC/C=C\C/C=C\C/C=C\CCCCCCCC(=O)OC[C@H](COC(=O)CCCCCCC/C=C\CCCC)OC(=O)CCCCC/C=C\C/C=C\C/C=C\C/C=C\CCCCC. The highest BCUT2D eigenvalue weighted by Gasteiger charge is 2.19. The summed E-state index contributed by atoms with van der Waals surface area (Å²) in [5, 5.41) is 0. The zero-order chi connectivity index (χ0) is 45.8. The molecule has 0 spiro atoms. The van der Waals surface area contributed by atoms with Gasteiger partial charge in [-0.3, -0.25) is 14.4 Å². The van der Waals surface area contributed by atoms with E-state index in [1.54, 1.807) is 0 Å². The number of ether oxygens (including phenoxy) is 3. The molecule has 0 heterocycles. The van der Waals surface area contributed by atoms with Crippen LogP contribution in [0.25, 0.3) is 0 Å². The minimum atomic E-state index is -0.805. The molecule has 0 amide bonds. The molecule has 0 aliphatic carbocycles. The molecule has 0 aromatic heterocycles. The molecule has 0 aliphatic heterocycles. The molecule has 0 aliphatic rings. The molecule has 0 aromatic rings. The fraction of sp³-hybridized carbons (Fsp3) is 0.667. The summed E-state index contributed by atoms with van der Waals surface area (Å²) in [6.07, 6.45) is 66.7. The molecule has 0 saturated carbocycles. The number of carbonyl (C=O) groups is 3. The Morgan fingerprint density at radius 2 is 0.635 bits per heavy atom. The highest BCUT2D eigenvalue weighted by Crippen LogP contribution is 2.13. The Hall–Kier alpha value is -3.67. The summed E-state index contributed by atoms with van der Waals surface area (Å²) in [4.78, 5) is 37.9. The van der Waals surface area contributed by atoms with E-state index in [0.717, 1.165) is 135 Å². The quantitative estimate of drug-likeness (QED) is 0.0262. The smallest absolute Gasteiger partial charge is 0.306 e. The first kappa shape index (κ1) is 59.3. The first-order valence-corrected chi connectivity index (χ1v) is 25.7. The topological polar surface area (TPSA) is 78.9 Å². The Kier molecular flexibility index (Phi) is 48.0. The zero-order valence-corrected chi connectivity index (χ0v) is 40.8. The van der Waals surface area contributed by atoms with Crippen LogP contribution in [0, 0.1) is 0 Å². The lowest BCUT2D eigenvalue weighted by Gasteiger charge is -2.18. The minimum Gasteiger partial charge on any atom is -0.462 e. The molecule has 0 saturated heterocycles. The van der Waals surface area contributed by atoms with E-state index in [-0.39, 0.29) is 37.5 Å². The monoisotopic (exact) mass is 875 g/mol. The standard InChI is InChI=1S/C57H94O6/c1-4-7-10-13-16-19-22-24-26-27-28-29-31-33-36-39-42-45-48-51-57(60)63-54(52-61-55(58)49-46-43-40-37-34-21-18-15-12-9-6-3)53-62-56(59)50-47-44-41-38-35-32-30-25-23-20-17-14-11-8-5-2/h8,11,15-20,24-26,28-30,33,36,54H,4-7,9-10,12-14,21-23,27,31-32,34-35,37-53H2,1-3H3/b11-8-,18-15-,19-16-,20-17-,26-24-,29-28-,30-25-,36-33-/t54-/m0/s1. The molecule has 6 nitrogen and oxygen atoms in total. The lowest BCUT2D eigenvalue weighted by molar-refractivity contribution is -0.167. The van der Waals surface area contributed by atoms with E-state index in [4.69, 9.17) is 14.2 Å². The third-order valence-electron chi connectivity index (χ3n) is 10.5. The third kappa shape index (κ3) is 49.2. The Morgan fingerprint density at radius 3 is 1.05 bits per heavy atom. The molecule has 1 atom stereocenters. The molecule has 0 N–H and O–H groups in total. The maximum absolute atomic E-state index is 12.8. The van der Waals surface area contributed by atoms with E-state index >= 15 is 0 Å². The van der Waals surface area contributed by atoms with Gasteiger partial charge in [0.2, 0.25) is 0 Å². The predicted octanol–water partition coefficient (Wildman–Crippen LogP) is 17.0. The minimum absolute atomic E-state index is 0.102. The van der Waals surface area contributed by atoms with E-state index < -0.39 is 6.10 Å². The first-order chi connectivity index (χ1) is 31.0. The molecule has 63 heavy (non-hydrogen) atoms. The summed E-state index contributed by atoms with van der Waals surface area (Å²) in [6.45, 7) is 6.40. The molecule has 358 valence electrons. The van der Waals surface area contributed by atoms with Gasteiger partial charge in [-0.25, -0.2) is 0 Å². The number of hydrogen-bond donors (Lipinski definition) is 0. The van der Waals surface area contributed by atoms with Crippen molar-refractivity contribution in [2.24, 2.45) is 0 Å². The fourth-order valence-corrected chi connectivity index (χ4v) is 6.65. The molecule has 0 aromatic carbocycles. The Balaban J connectivity index is 4.48. The molecule has 0 fully saturated rings. The fourth-order valence-electron chi connectivity index (χ4n) is 6.65. The number of esters is 3. The van der Waals surface area contributed by atoms with Gasteiger partial charge in [0, 0.05) is 19.3 Å². The van der Waals surface area contributed by atoms with Gasteiger partial charge in [0.05, 0.1) is 0 Å². The third-order valence-corrected chi connectivity index (χ3v) is 10.5. The molecule has 0 unspecified atom stereocenters. The van der Waals surface area contributed by atoms with Crippen LogP contribution in [-0.2, 0) is 28.6 Å². The molecule has 0 rings (SSSR count). The summed E-state index contributed by atoms with van der Waals surface area (Å²) in [5.74, 6) is -0.964. The van der Waals surface area contributed by atoms with Gasteiger partial charge in [0.15, 0.2) is 6.10 Å². The van der Waals surface area contributed by atoms with Crippen LogP contribution in [0.2, 0.25) is 0 Å². The van der Waals surface area contributed by atoms with E-state index in [2.05, 4.69) is 118 Å². The van der Waals surface area contributed by atoms with Crippen LogP contribution in [-0.4, -0.2) is 37.2 Å². The second-order valence-corrected chi connectivity index (χ2v) is 16.7. The van der Waals surface area contributed by atoms with Crippen LogP contribution in [0.5, 0.6) is 0 Å². The number of hydrogen-bond acceptors (Lipinski definition) is 6. The van der Waals surface area contributed by atoms with Crippen molar-refractivity contribution >= 4 is 17.9 Å². The van der Waals surface area contributed by atoms with Crippen LogP contribution in [0.4, 0.5) is 0 Å². The molecule has 0 radical (unpaired) electrons. The Bertz CT molecular complexity index is 1280. The normalized spacial score (nSPS) is 12.9. The molecular weight excluding hydrogens is 781 g/mol. The highest BCUT2D eigenvalue weighted by atomic mass is 16.6. The van der Waals surface area contributed by atoms with Gasteiger partial charge in [-0.2, -0.15) is 0 Å². The van der Waals surface area contributed by atoms with Crippen LogP contribution in [0.15, 0.2) is 97.2 Å². The average Bonchev–Trinajstić information content (AvgIpc) is 3.28. The van der Waals surface area contributed by atoms with Gasteiger partial charge in [-0.1, -0.05) is 189 Å². The van der Waals surface area contributed by atoms with Gasteiger partial charge in [-0.15, -0.1) is 0 Å². The van der Waals surface area contributed by atoms with Crippen molar-refractivity contribution in [1.82, 2.24) is 0 Å². The van der Waals surface area contributed by atoms with E-state index in [9.17, 15) is 14.4 Å². The van der Waals surface area contributed by atoms with Crippen molar-refractivity contribution in [2.75, 3.05) is 13.2 Å². The van der Waals surface area contributed by atoms with Crippen molar-refractivity contribution in [3.63, 3.8) is 0 Å². The maximum atomic E-state index is 12.8. The second kappa shape index (κ2) is 51.0. The summed E-state index contributed by atoms with van der Waals surface area (Å²) in [6, 6.07) is 0. The Labute approximate surface area is 387 Å². The van der Waals surface area contributed by atoms with Gasteiger partial charge < -0.3 is 14.2 Å². The van der Waals surface area contributed by atoms with Gasteiger partial charge in [0.25, 0.3) is 0 Å². The van der Waals surface area contributed by atoms with E-state index in [1.165, 1.54) is 51.4 Å². The second-order valence-electron chi connectivity index (χ2n) is 16.7. The van der Waals surface area contributed by atoms with Crippen molar-refractivity contribution in [2.45, 2.75) is 232 Å². The summed E-state index contributed by atoms with van der Waals surface area (Å²) in [7, 11) is 0. The molecule has 6 heteroatoms. The van der Waals surface area contributed by atoms with Crippen LogP contribution in [0.3, 0.4) is 0 Å². The molecular formula is C57H94O6. The highest BCUT2D eigenvalue weighted by molar-refractivity contribution is 5.71. The average molecular weight is 875 g/mol. The van der Waals surface area contributed by atoms with E-state index in [1.807, 2.05) is 0 Å². The number of carbonyl (C=O) groups excluding carboxylic acids is 3. The van der Waals surface area contributed by atoms with Crippen molar-refractivity contribution in [3.8, 4) is 0 Å². The van der Waals surface area contributed by atoms with Crippen LogP contribution < -0.4 is 0 Å². The van der Waals surface area contributed by atoms with Gasteiger partial charge >= 0.3 is 17.9 Å². The summed E-state index contributed by atoms with van der Waals surface area (Å²) >= 11 is 0. The lowest BCUT2D eigenvalue weighted by Crippen LogP contribution is -2.30. The lowest BCUT2D eigenvalue weighted by atomic mass is 10.1. The van der Waals surface area contributed by atoms with Crippen LogP contribution in [0.1, 0.15) is 226 Å². The predicted molar refractivity (Wildman–Crippen MR) is 270 cm³/mol. The largest absolute Gasteiger partial charge is 0.462 e. The number of unbranched alkanes of at least 4 members (excludes halogenated alkanes) is 18. The van der Waals surface area contributed by atoms with Crippen molar-refractivity contribution in [1.29, 1.82) is 0 Å². The summed E-state index contributed by atoms with van der Waals surface area (Å²) in [5.41, 5.74) is 0. The van der Waals surface area contributed by atoms with Gasteiger partial charge in [-0.05, 0) is 116 Å². The van der Waals surface area contributed by atoms with Crippen LogP contribution >= 0.6 is 0 Å². The molecule has 0 bridgehead atoms. The summed E-state index contributed by atoms with van der Waals surface area (Å²) < 4.78 is 16.7. The van der Waals surface area contributed by atoms with Gasteiger partial charge in [0.1, 0.15) is 13.2 Å². The number of rotatable bonds is 45.